The van der Waals surface area contributed by atoms with E-state index < -0.39 is 0 Å². The Bertz CT molecular complexity index is 309. The van der Waals surface area contributed by atoms with Crippen LogP contribution in [0.2, 0.25) is 0 Å². The third-order valence-electron chi connectivity index (χ3n) is 2.10. The summed E-state index contributed by atoms with van der Waals surface area (Å²) < 4.78 is 0. The highest BCUT2D eigenvalue weighted by Gasteiger charge is 2.06. The van der Waals surface area contributed by atoms with E-state index in [0.717, 1.165) is 24.0 Å². The molecule has 78 valence electrons. The predicted molar refractivity (Wildman–Crippen MR) is 60.0 cm³/mol. The molecule has 0 bridgehead atoms. The number of rotatable bonds is 3. The summed E-state index contributed by atoms with van der Waals surface area (Å²) in [7, 11) is 5.96. The first-order valence-corrected chi connectivity index (χ1v) is 4.78. The Morgan fingerprint density at radius 1 is 1.21 bits per heavy atom. The van der Waals surface area contributed by atoms with Crippen LogP contribution < -0.4 is 9.80 Å². The van der Waals surface area contributed by atoms with E-state index in [-0.39, 0.29) is 0 Å². The van der Waals surface area contributed by atoms with Crippen LogP contribution in [0.1, 0.15) is 12.6 Å². The van der Waals surface area contributed by atoms with Crippen LogP contribution in [0.5, 0.6) is 0 Å². The van der Waals surface area contributed by atoms with Gasteiger partial charge in [0.2, 0.25) is 5.95 Å². The number of hydrogen-bond donors (Lipinski definition) is 0. The highest BCUT2D eigenvalue weighted by molar-refractivity contribution is 5.44. The molecule has 1 aromatic rings. The van der Waals surface area contributed by atoms with E-state index in [1.54, 1.807) is 0 Å². The van der Waals surface area contributed by atoms with Gasteiger partial charge in [0.15, 0.2) is 0 Å². The quantitative estimate of drug-likeness (QED) is 0.726. The Kier molecular flexibility index (Phi) is 3.28. The van der Waals surface area contributed by atoms with Crippen LogP contribution in [0.3, 0.4) is 0 Å². The van der Waals surface area contributed by atoms with Gasteiger partial charge >= 0.3 is 0 Å². The summed E-state index contributed by atoms with van der Waals surface area (Å²) in [6, 6.07) is 1.98. The number of nitrogens with zero attached hydrogens (tertiary/aromatic N) is 4. The van der Waals surface area contributed by atoms with Crippen LogP contribution in [0, 0.1) is 6.92 Å². The van der Waals surface area contributed by atoms with Gasteiger partial charge in [-0.15, -0.1) is 0 Å². The van der Waals surface area contributed by atoms with Crippen molar-refractivity contribution in [1.82, 2.24) is 9.97 Å². The fraction of sp³-hybridized carbons (Fsp3) is 0.600. The number of aromatic nitrogens is 2. The molecule has 1 rings (SSSR count). The molecule has 4 nitrogen and oxygen atoms in total. The van der Waals surface area contributed by atoms with E-state index in [4.69, 9.17) is 0 Å². The Morgan fingerprint density at radius 2 is 1.86 bits per heavy atom. The van der Waals surface area contributed by atoms with Gasteiger partial charge in [0, 0.05) is 39.4 Å². The first-order chi connectivity index (χ1) is 6.54. The monoisotopic (exact) mass is 194 g/mol. The van der Waals surface area contributed by atoms with Crippen LogP contribution in [-0.4, -0.2) is 37.7 Å². The molecule has 0 atom stereocenters. The molecule has 4 heteroatoms. The first kappa shape index (κ1) is 10.8. The largest absolute Gasteiger partial charge is 0.363 e. The maximum Gasteiger partial charge on any atom is 0.227 e. The molecule has 1 aromatic heterocycles. The molecule has 0 aliphatic rings. The summed E-state index contributed by atoms with van der Waals surface area (Å²) in [6.07, 6.45) is 0. The maximum absolute atomic E-state index is 4.44. The fourth-order valence-corrected chi connectivity index (χ4v) is 1.08. The molecule has 14 heavy (non-hydrogen) atoms. The molecule has 0 fully saturated rings. The standard InChI is InChI=1S/C10H18N4/c1-6-14(5)10-11-8(2)7-9(12-10)13(3)4/h7H,6H2,1-5H3. The molecular weight excluding hydrogens is 176 g/mol. The molecule has 0 aromatic carbocycles. The van der Waals surface area contributed by atoms with Gasteiger partial charge in [-0.1, -0.05) is 0 Å². The van der Waals surface area contributed by atoms with E-state index in [2.05, 4.69) is 16.9 Å². The van der Waals surface area contributed by atoms with Gasteiger partial charge in [0.1, 0.15) is 5.82 Å². The lowest BCUT2D eigenvalue weighted by Crippen LogP contribution is -2.21. The summed E-state index contributed by atoms with van der Waals surface area (Å²) in [6.45, 7) is 4.99. The second-order valence-corrected chi connectivity index (χ2v) is 3.58. The zero-order valence-corrected chi connectivity index (χ0v) is 9.57. The molecule has 0 saturated carbocycles. The second-order valence-electron chi connectivity index (χ2n) is 3.58. The van der Waals surface area contributed by atoms with E-state index >= 15 is 0 Å². The molecule has 0 aliphatic heterocycles. The topological polar surface area (TPSA) is 32.3 Å². The minimum Gasteiger partial charge on any atom is -0.363 e. The van der Waals surface area contributed by atoms with Gasteiger partial charge in [0.25, 0.3) is 0 Å². The Hall–Kier alpha value is -1.32. The van der Waals surface area contributed by atoms with Crippen molar-refractivity contribution in [1.29, 1.82) is 0 Å². The molecule has 0 saturated heterocycles. The van der Waals surface area contributed by atoms with E-state index in [1.807, 2.05) is 43.9 Å². The molecule has 0 spiro atoms. The normalized spacial score (nSPS) is 10.1. The molecule has 0 unspecified atom stereocenters. The number of hydrogen-bond acceptors (Lipinski definition) is 4. The van der Waals surface area contributed by atoms with E-state index in [0.29, 0.717) is 0 Å². The summed E-state index contributed by atoms with van der Waals surface area (Å²) >= 11 is 0. The van der Waals surface area contributed by atoms with Crippen molar-refractivity contribution in [3.05, 3.63) is 11.8 Å². The molecule has 0 radical (unpaired) electrons. The molecule has 1 heterocycles. The highest BCUT2D eigenvalue weighted by Crippen LogP contribution is 2.13. The van der Waals surface area contributed by atoms with Crippen molar-refractivity contribution >= 4 is 11.8 Å². The van der Waals surface area contributed by atoms with Crippen molar-refractivity contribution in [2.24, 2.45) is 0 Å². The molecular formula is C10H18N4. The summed E-state index contributed by atoms with van der Waals surface area (Å²) in [4.78, 5) is 12.8. The van der Waals surface area contributed by atoms with E-state index in [1.165, 1.54) is 0 Å². The lowest BCUT2D eigenvalue weighted by Gasteiger charge is -2.18. The van der Waals surface area contributed by atoms with Crippen molar-refractivity contribution in [3.8, 4) is 0 Å². The third-order valence-corrected chi connectivity index (χ3v) is 2.10. The van der Waals surface area contributed by atoms with Crippen molar-refractivity contribution in [3.63, 3.8) is 0 Å². The molecule has 0 N–H and O–H groups in total. The van der Waals surface area contributed by atoms with Crippen LogP contribution >= 0.6 is 0 Å². The summed E-state index contributed by atoms with van der Waals surface area (Å²) in [5, 5.41) is 0. The number of aryl methyl sites for hydroxylation is 1. The van der Waals surface area contributed by atoms with Gasteiger partial charge in [0.05, 0.1) is 0 Å². The average molecular weight is 194 g/mol. The Balaban J connectivity index is 3.07. The van der Waals surface area contributed by atoms with Gasteiger partial charge < -0.3 is 9.80 Å². The average Bonchev–Trinajstić information content (AvgIpc) is 2.15. The van der Waals surface area contributed by atoms with Crippen LogP contribution in [0.4, 0.5) is 11.8 Å². The van der Waals surface area contributed by atoms with Gasteiger partial charge in [-0.3, -0.25) is 0 Å². The summed E-state index contributed by atoms with van der Waals surface area (Å²) in [5.74, 6) is 1.74. The highest BCUT2D eigenvalue weighted by atomic mass is 15.3. The Morgan fingerprint density at radius 3 is 2.36 bits per heavy atom. The van der Waals surface area contributed by atoms with Gasteiger partial charge in [-0.25, -0.2) is 4.98 Å². The summed E-state index contributed by atoms with van der Waals surface area (Å²) in [5.41, 5.74) is 0.999. The van der Waals surface area contributed by atoms with Crippen LogP contribution in [0.15, 0.2) is 6.07 Å². The number of anilines is 2. The van der Waals surface area contributed by atoms with Crippen molar-refractivity contribution in [2.75, 3.05) is 37.5 Å². The van der Waals surface area contributed by atoms with Crippen molar-refractivity contribution in [2.45, 2.75) is 13.8 Å². The second kappa shape index (κ2) is 4.26. The van der Waals surface area contributed by atoms with Crippen LogP contribution in [-0.2, 0) is 0 Å². The van der Waals surface area contributed by atoms with Crippen molar-refractivity contribution < 1.29 is 0 Å². The SMILES string of the molecule is CCN(C)c1nc(C)cc(N(C)C)n1. The predicted octanol–water partition coefficient (Wildman–Crippen LogP) is 1.31. The minimum atomic E-state index is 0.788. The zero-order valence-electron chi connectivity index (χ0n) is 9.57. The fourth-order valence-electron chi connectivity index (χ4n) is 1.08. The molecule has 0 aliphatic carbocycles. The third kappa shape index (κ3) is 2.34. The smallest absolute Gasteiger partial charge is 0.227 e. The minimum absolute atomic E-state index is 0.788. The maximum atomic E-state index is 4.44. The zero-order chi connectivity index (χ0) is 10.7. The van der Waals surface area contributed by atoms with Crippen LogP contribution in [0.25, 0.3) is 0 Å². The van der Waals surface area contributed by atoms with E-state index in [9.17, 15) is 0 Å². The molecule has 0 amide bonds. The van der Waals surface area contributed by atoms with Gasteiger partial charge in [-0.05, 0) is 13.8 Å². The lowest BCUT2D eigenvalue weighted by molar-refractivity contribution is 0.883. The first-order valence-electron chi connectivity index (χ1n) is 4.78. The van der Waals surface area contributed by atoms with Gasteiger partial charge in [-0.2, -0.15) is 4.98 Å². The lowest BCUT2D eigenvalue weighted by atomic mass is 10.4. The Labute approximate surface area is 85.6 Å².